The fourth-order valence-electron chi connectivity index (χ4n) is 3.74. The lowest BCUT2D eigenvalue weighted by Crippen LogP contribution is -2.40. The maximum atomic E-state index is 13.5. The first-order valence-electron chi connectivity index (χ1n) is 10.2. The van der Waals surface area contributed by atoms with Crippen molar-refractivity contribution in [3.8, 4) is 0 Å². The van der Waals surface area contributed by atoms with Crippen LogP contribution < -0.4 is 16.3 Å². The molecule has 0 bridgehead atoms. The lowest BCUT2D eigenvalue weighted by Gasteiger charge is -2.29. The fourth-order valence-corrected chi connectivity index (χ4v) is 3.87. The van der Waals surface area contributed by atoms with Crippen molar-refractivity contribution in [2.75, 3.05) is 24.8 Å². The fraction of sp³-hybridized carbons (Fsp3) is 0.429. The van der Waals surface area contributed by atoms with Gasteiger partial charge in [0.1, 0.15) is 0 Å². The molecule has 1 aliphatic heterocycles. The number of nitrogens with zero attached hydrogens (tertiary/aromatic N) is 6. The van der Waals surface area contributed by atoms with Crippen LogP contribution in [0.5, 0.6) is 0 Å². The molecule has 1 aromatic carbocycles. The summed E-state index contributed by atoms with van der Waals surface area (Å²) < 4.78 is 9.99. The third kappa shape index (κ3) is 3.68. The van der Waals surface area contributed by atoms with E-state index in [1.165, 1.54) is 9.13 Å². The van der Waals surface area contributed by atoms with Gasteiger partial charge in [-0.2, -0.15) is 10.1 Å². The first-order chi connectivity index (χ1) is 14.8. The summed E-state index contributed by atoms with van der Waals surface area (Å²) in [5.74, 6) is 0.532. The van der Waals surface area contributed by atoms with Gasteiger partial charge in [-0.1, -0.05) is 23.7 Å². The first kappa shape index (κ1) is 21.3. The van der Waals surface area contributed by atoms with Gasteiger partial charge in [-0.25, -0.2) is 9.80 Å². The Kier molecular flexibility index (Phi) is 5.72. The van der Waals surface area contributed by atoms with Crippen molar-refractivity contribution in [1.29, 1.82) is 0 Å². The van der Waals surface area contributed by atoms with Crippen LogP contribution in [-0.4, -0.2) is 44.2 Å². The van der Waals surface area contributed by atoms with Crippen LogP contribution in [0.1, 0.15) is 32.4 Å². The average Bonchev–Trinajstić information content (AvgIpc) is 3.16. The van der Waals surface area contributed by atoms with E-state index in [2.05, 4.69) is 10.1 Å². The number of hydrogen-bond donors (Lipinski definition) is 0. The van der Waals surface area contributed by atoms with Crippen molar-refractivity contribution < 1.29 is 4.74 Å². The highest BCUT2D eigenvalue weighted by atomic mass is 35.5. The van der Waals surface area contributed by atoms with E-state index in [-0.39, 0.29) is 18.1 Å². The molecule has 4 rings (SSSR count). The monoisotopic (exact) mass is 444 g/mol. The van der Waals surface area contributed by atoms with Gasteiger partial charge in [-0.3, -0.25) is 18.5 Å². The first-order valence-corrected chi connectivity index (χ1v) is 10.6. The largest absolute Gasteiger partial charge is 0.380 e. The van der Waals surface area contributed by atoms with Crippen molar-refractivity contribution in [3.05, 3.63) is 55.7 Å². The van der Waals surface area contributed by atoms with E-state index in [9.17, 15) is 9.59 Å². The topological polar surface area (TPSA) is 86.7 Å². The second-order valence-electron chi connectivity index (χ2n) is 7.55. The molecule has 1 aliphatic rings. The number of aromatic nitrogens is 4. The summed E-state index contributed by atoms with van der Waals surface area (Å²) in [5.41, 5.74) is 1.59. The van der Waals surface area contributed by atoms with E-state index in [0.717, 1.165) is 11.3 Å². The molecule has 0 saturated heterocycles. The van der Waals surface area contributed by atoms with Crippen molar-refractivity contribution in [1.82, 2.24) is 18.7 Å². The van der Waals surface area contributed by atoms with Crippen molar-refractivity contribution >= 4 is 34.4 Å². The van der Waals surface area contributed by atoms with E-state index < -0.39 is 5.69 Å². The minimum atomic E-state index is -0.422. The lowest BCUT2D eigenvalue weighted by molar-refractivity contribution is 0.153. The van der Waals surface area contributed by atoms with Gasteiger partial charge in [0.2, 0.25) is 5.95 Å². The maximum Gasteiger partial charge on any atom is 0.332 e. The Morgan fingerprint density at radius 2 is 1.90 bits per heavy atom. The highest BCUT2D eigenvalue weighted by molar-refractivity contribution is 6.30. The highest BCUT2D eigenvalue weighted by Gasteiger charge is 2.30. The molecule has 3 aromatic rings. The second kappa shape index (κ2) is 8.32. The molecule has 0 radical (unpaired) electrons. The number of hydrogen-bond acceptors (Lipinski definition) is 6. The third-order valence-corrected chi connectivity index (χ3v) is 5.82. The number of rotatable bonds is 6. The molecular weight excluding hydrogens is 420 g/mol. The van der Waals surface area contributed by atoms with Gasteiger partial charge in [-0.15, -0.1) is 0 Å². The second-order valence-corrected chi connectivity index (χ2v) is 7.99. The minimum absolute atomic E-state index is 0.147. The molecular formula is C21H25ClN6O3. The van der Waals surface area contributed by atoms with Gasteiger partial charge in [0.05, 0.1) is 31.4 Å². The molecule has 0 amide bonds. The number of ether oxygens (including phenoxy) is 1. The smallest absolute Gasteiger partial charge is 0.332 e. The number of hydrazone groups is 1. The van der Waals surface area contributed by atoms with E-state index in [1.807, 2.05) is 25.3 Å². The molecule has 10 heteroatoms. The Labute approximate surface area is 184 Å². The summed E-state index contributed by atoms with van der Waals surface area (Å²) in [6.45, 7) is 7.54. The summed E-state index contributed by atoms with van der Waals surface area (Å²) in [7, 11) is 1.63. The zero-order chi connectivity index (χ0) is 22.3. The molecule has 9 nitrogen and oxygen atoms in total. The molecule has 3 heterocycles. The number of anilines is 1. The molecule has 0 unspecified atom stereocenters. The van der Waals surface area contributed by atoms with Gasteiger partial charge in [0.25, 0.3) is 5.56 Å². The zero-order valence-electron chi connectivity index (χ0n) is 18.0. The van der Waals surface area contributed by atoms with E-state index in [1.54, 1.807) is 36.3 Å². The van der Waals surface area contributed by atoms with Crippen molar-refractivity contribution in [3.63, 3.8) is 0 Å². The number of fused-ring (bicyclic) bond motifs is 3. The average molecular weight is 445 g/mol. The number of halogens is 1. The Balaban J connectivity index is 1.89. The Bertz CT molecular complexity index is 1270. The van der Waals surface area contributed by atoms with Crippen molar-refractivity contribution in [2.24, 2.45) is 12.1 Å². The van der Waals surface area contributed by atoms with Crippen LogP contribution in [0.4, 0.5) is 5.95 Å². The molecule has 0 fully saturated rings. The van der Waals surface area contributed by atoms with Gasteiger partial charge in [0, 0.05) is 18.7 Å². The molecule has 164 valence electrons. The standard InChI is InChI=1S/C21H25ClN6O3/c1-5-31-11-10-27-20-23-18-17(28(20)14(3)13(2)24-27)19(29)26(21(30)25(18)4)12-15-6-8-16(22)9-7-15/h6-9,14H,5,10-12H2,1-4H3/t14-/m1/s1. The SMILES string of the molecule is CCOCCN1N=C(C)[C@@H](C)n2c1nc1c2c(=O)n(Cc2ccc(Cl)cc2)c(=O)n1C. The maximum absolute atomic E-state index is 13.5. The molecule has 0 spiro atoms. The number of aryl methyl sites for hydroxylation is 1. The van der Waals surface area contributed by atoms with E-state index >= 15 is 0 Å². The Morgan fingerprint density at radius 1 is 1.19 bits per heavy atom. The van der Waals surface area contributed by atoms with Crippen LogP contribution in [0.3, 0.4) is 0 Å². The highest BCUT2D eigenvalue weighted by Crippen LogP contribution is 2.29. The number of imidazole rings is 1. The summed E-state index contributed by atoms with van der Waals surface area (Å²) in [4.78, 5) is 31.2. The van der Waals surface area contributed by atoms with Gasteiger partial charge in [-0.05, 0) is 38.5 Å². The summed E-state index contributed by atoms with van der Waals surface area (Å²) in [5, 5.41) is 6.96. The predicted molar refractivity (Wildman–Crippen MR) is 121 cm³/mol. The Morgan fingerprint density at radius 3 is 2.58 bits per heavy atom. The van der Waals surface area contributed by atoms with Crippen LogP contribution >= 0.6 is 11.6 Å². The molecule has 0 saturated carbocycles. The van der Waals surface area contributed by atoms with Crippen LogP contribution in [0.2, 0.25) is 5.02 Å². The molecule has 0 N–H and O–H groups in total. The van der Waals surface area contributed by atoms with Crippen molar-refractivity contribution in [2.45, 2.75) is 33.4 Å². The summed E-state index contributed by atoms with van der Waals surface area (Å²) >= 11 is 5.96. The van der Waals surface area contributed by atoms with Crippen LogP contribution in [0.15, 0.2) is 39.0 Å². The lowest BCUT2D eigenvalue weighted by atomic mass is 10.2. The normalized spacial score (nSPS) is 16.0. The predicted octanol–water partition coefficient (Wildman–Crippen LogP) is 2.39. The van der Waals surface area contributed by atoms with Gasteiger partial charge >= 0.3 is 5.69 Å². The molecule has 1 atom stereocenters. The van der Waals surface area contributed by atoms with E-state index in [0.29, 0.717) is 41.9 Å². The van der Waals surface area contributed by atoms with Gasteiger partial charge < -0.3 is 4.74 Å². The quantitative estimate of drug-likeness (QED) is 0.545. The Hall–Kier alpha value is -2.91. The van der Waals surface area contributed by atoms with Gasteiger partial charge in [0.15, 0.2) is 11.2 Å². The van der Waals surface area contributed by atoms with Crippen LogP contribution in [-0.2, 0) is 18.3 Å². The molecule has 31 heavy (non-hydrogen) atoms. The molecule has 2 aromatic heterocycles. The minimum Gasteiger partial charge on any atom is -0.380 e. The summed E-state index contributed by atoms with van der Waals surface area (Å²) in [6.07, 6.45) is 0. The van der Waals surface area contributed by atoms with Crippen LogP contribution in [0, 0.1) is 0 Å². The van der Waals surface area contributed by atoms with E-state index in [4.69, 9.17) is 16.3 Å². The number of benzene rings is 1. The molecule has 0 aliphatic carbocycles. The third-order valence-electron chi connectivity index (χ3n) is 5.56. The summed E-state index contributed by atoms with van der Waals surface area (Å²) in [6, 6.07) is 6.92. The zero-order valence-corrected chi connectivity index (χ0v) is 18.8. The van der Waals surface area contributed by atoms with Crippen LogP contribution in [0.25, 0.3) is 11.2 Å².